The maximum Gasteiger partial charge on any atom is 0.251 e. The molecule has 0 aliphatic rings. The van der Waals surface area contributed by atoms with Gasteiger partial charge in [-0.2, -0.15) is 0 Å². The Balaban J connectivity index is 1.61. The number of Topliss-reactive ketones (excluding diaryl/α,β-unsaturated/α-hetero) is 1. The Bertz CT molecular complexity index is 1220. The van der Waals surface area contributed by atoms with Crippen LogP contribution in [0.25, 0.3) is 26.4 Å². The number of hydrogen-bond donors (Lipinski definition) is 1. The number of methoxy groups -OCH3 is 1. The van der Waals surface area contributed by atoms with Gasteiger partial charge in [-0.1, -0.05) is 30.4 Å². The van der Waals surface area contributed by atoms with Crippen LogP contribution in [0.15, 0.2) is 48.7 Å². The molecule has 0 saturated carbocycles. The van der Waals surface area contributed by atoms with Crippen LogP contribution in [0.1, 0.15) is 34.1 Å². The van der Waals surface area contributed by atoms with E-state index in [4.69, 9.17) is 9.72 Å². The third-order valence-corrected chi connectivity index (χ3v) is 6.09. The van der Waals surface area contributed by atoms with E-state index < -0.39 is 0 Å². The molecule has 2 aromatic heterocycles. The summed E-state index contributed by atoms with van der Waals surface area (Å²) < 4.78 is 8.21. The summed E-state index contributed by atoms with van der Waals surface area (Å²) in [5.74, 6) is 0.209. The minimum absolute atomic E-state index is 0.111. The molecule has 1 N–H and O–H groups in total. The maximum absolute atomic E-state index is 12.6. The van der Waals surface area contributed by atoms with Gasteiger partial charge in [0.1, 0.15) is 0 Å². The molecule has 0 saturated heterocycles. The van der Waals surface area contributed by atoms with Crippen molar-refractivity contribution < 1.29 is 14.3 Å². The lowest BCUT2D eigenvalue weighted by molar-refractivity contribution is 0.0919. The number of ketones is 1. The molecule has 1 atom stereocenters. The molecule has 0 spiro atoms. The average molecular weight is 422 g/mol. The summed E-state index contributed by atoms with van der Waals surface area (Å²) >= 11 is 1.56. The van der Waals surface area contributed by atoms with Crippen LogP contribution in [0.5, 0.6) is 0 Å². The van der Waals surface area contributed by atoms with Crippen LogP contribution in [0, 0.1) is 5.92 Å². The average Bonchev–Trinajstić information content (AvgIpc) is 3.31. The third-order valence-electron chi connectivity index (χ3n) is 5.07. The van der Waals surface area contributed by atoms with E-state index in [1.54, 1.807) is 37.6 Å². The third kappa shape index (κ3) is 3.86. The Kier molecular flexibility index (Phi) is 5.65. The number of ether oxygens (including phenoxy) is 1. The Hall–Kier alpha value is -3.03. The Labute approximate surface area is 178 Å². The fourth-order valence-corrected chi connectivity index (χ4v) is 4.58. The Morgan fingerprint density at radius 2 is 1.90 bits per heavy atom. The first-order chi connectivity index (χ1) is 14.5. The second-order valence-corrected chi connectivity index (χ2v) is 8.42. The lowest BCUT2D eigenvalue weighted by Gasteiger charge is -2.09. The van der Waals surface area contributed by atoms with Crippen LogP contribution in [0.4, 0.5) is 0 Å². The van der Waals surface area contributed by atoms with Gasteiger partial charge in [-0.05, 0) is 36.2 Å². The molecule has 0 aliphatic carbocycles. The van der Waals surface area contributed by atoms with Crippen molar-refractivity contribution in [2.75, 3.05) is 20.8 Å². The van der Waals surface area contributed by atoms with Crippen LogP contribution in [0.2, 0.25) is 0 Å². The zero-order chi connectivity index (χ0) is 21.3. The molecule has 0 aliphatic heterocycles. The zero-order valence-corrected chi connectivity index (χ0v) is 18.0. The first kappa shape index (κ1) is 20.3. The molecule has 154 valence electrons. The molecule has 7 heteroatoms. The largest absolute Gasteiger partial charge is 0.384 e. The van der Waals surface area contributed by atoms with Crippen LogP contribution in [0.3, 0.4) is 0 Å². The molecule has 0 unspecified atom stereocenters. The van der Waals surface area contributed by atoms with Gasteiger partial charge in [0.15, 0.2) is 10.7 Å². The van der Waals surface area contributed by atoms with Crippen molar-refractivity contribution in [3.05, 3.63) is 59.8 Å². The molecule has 4 aromatic rings. The number of nitrogens with one attached hydrogen (secondary N) is 1. The first-order valence-electron chi connectivity index (χ1n) is 9.76. The van der Waals surface area contributed by atoms with Crippen molar-refractivity contribution in [2.45, 2.75) is 13.3 Å². The molecule has 2 aromatic carbocycles. The molecule has 4 rings (SSSR count). The van der Waals surface area contributed by atoms with E-state index in [1.807, 2.05) is 47.9 Å². The van der Waals surface area contributed by atoms with E-state index >= 15 is 0 Å². The van der Waals surface area contributed by atoms with Gasteiger partial charge in [0, 0.05) is 50.1 Å². The van der Waals surface area contributed by atoms with Crippen molar-refractivity contribution in [1.82, 2.24) is 14.7 Å². The molecule has 0 radical (unpaired) electrons. The summed E-state index contributed by atoms with van der Waals surface area (Å²) in [6.45, 7) is 2.59. The lowest BCUT2D eigenvalue weighted by Crippen LogP contribution is -2.17. The summed E-state index contributed by atoms with van der Waals surface area (Å²) in [7, 11) is 3.27. The van der Waals surface area contributed by atoms with Gasteiger partial charge < -0.3 is 10.1 Å². The number of nitrogens with zero attached hydrogens (tertiary/aromatic N) is 2. The number of amides is 1. The second kappa shape index (κ2) is 8.38. The Morgan fingerprint density at radius 3 is 2.60 bits per heavy atom. The summed E-state index contributed by atoms with van der Waals surface area (Å²) in [6, 6.07) is 13.2. The number of fused-ring (bicyclic) bond motifs is 3. The van der Waals surface area contributed by atoms with Crippen molar-refractivity contribution in [3.8, 4) is 11.3 Å². The van der Waals surface area contributed by atoms with Crippen molar-refractivity contribution in [3.63, 3.8) is 0 Å². The van der Waals surface area contributed by atoms with E-state index in [9.17, 15) is 9.59 Å². The highest BCUT2D eigenvalue weighted by Crippen LogP contribution is 2.30. The highest BCUT2D eigenvalue weighted by atomic mass is 32.1. The summed E-state index contributed by atoms with van der Waals surface area (Å²) in [4.78, 5) is 29.9. The van der Waals surface area contributed by atoms with E-state index in [0.29, 0.717) is 18.6 Å². The monoisotopic (exact) mass is 421 g/mol. The number of aromatic nitrogens is 2. The molecule has 2 heterocycles. The van der Waals surface area contributed by atoms with Crippen LogP contribution in [-0.2, 0) is 4.74 Å². The highest BCUT2D eigenvalue weighted by Gasteiger charge is 2.15. The highest BCUT2D eigenvalue weighted by molar-refractivity contribution is 7.23. The number of imidazole rings is 1. The van der Waals surface area contributed by atoms with Crippen molar-refractivity contribution in [1.29, 1.82) is 0 Å². The first-order valence-corrected chi connectivity index (χ1v) is 10.6. The van der Waals surface area contributed by atoms with E-state index in [0.717, 1.165) is 32.0 Å². The molecule has 30 heavy (non-hydrogen) atoms. The summed E-state index contributed by atoms with van der Waals surface area (Å²) in [6.07, 6.45) is 2.46. The van der Waals surface area contributed by atoms with Crippen LogP contribution < -0.4 is 5.32 Å². The molecular weight excluding hydrogens is 398 g/mol. The van der Waals surface area contributed by atoms with Gasteiger partial charge in [-0.15, -0.1) is 0 Å². The Morgan fingerprint density at radius 1 is 1.17 bits per heavy atom. The number of carbonyl (C=O) groups excluding carboxylic acids is 2. The normalized spacial score (nSPS) is 12.4. The summed E-state index contributed by atoms with van der Waals surface area (Å²) in [5.41, 5.74) is 4.16. The topological polar surface area (TPSA) is 72.7 Å². The van der Waals surface area contributed by atoms with Gasteiger partial charge >= 0.3 is 0 Å². The lowest BCUT2D eigenvalue weighted by atomic mass is 10.0. The smallest absolute Gasteiger partial charge is 0.251 e. The van der Waals surface area contributed by atoms with Crippen molar-refractivity contribution in [2.24, 2.45) is 5.92 Å². The van der Waals surface area contributed by atoms with Crippen LogP contribution in [-0.4, -0.2) is 41.8 Å². The maximum atomic E-state index is 12.6. The number of hydrogen-bond acceptors (Lipinski definition) is 5. The zero-order valence-electron chi connectivity index (χ0n) is 17.1. The summed E-state index contributed by atoms with van der Waals surface area (Å²) in [5, 5.41) is 2.62. The predicted octanol–water partition coefficient (Wildman–Crippen LogP) is 4.43. The number of rotatable bonds is 7. The van der Waals surface area contributed by atoms with Crippen LogP contribution >= 0.6 is 11.3 Å². The minimum atomic E-state index is -0.111. The molecule has 6 nitrogen and oxygen atoms in total. The quantitative estimate of drug-likeness (QED) is 0.448. The van der Waals surface area contributed by atoms with Gasteiger partial charge in [0.2, 0.25) is 0 Å². The molecule has 0 fully saturated rings. The standard InChI is InChI=1S/C23H23N3O3S/c1-14(13-29-3)10-20(27)17-8-9-19-21(11-17)30-23-25-18(12-26(19)23)15-4-6-16(7-5-15)22(28)24-2/h4-9,11-12,14H,10,13H2,1-3H3,(H,24,28)/t14-/m1/s1. The molecule has 0 bridgehead atoms. The number of benzene rings is 2. The second-order valence-electron chi connectivity index (χ2n) is 7.41. The van der Waals surface area contributed by atoms with Crippen molar-refractivity contribution >= 4 is 38.2 Å². The SMILES string of the molecule is CNC(=O)c1ccc(-c2cn3c(n2)sc2cc(C(=O)C[C@@H](C)COC)ccc23)cc1. The van der Waals surface area contributed by atoms with E-state index in [-0.39, 0.29) is 17.6 Å². The fourth-order valence-electron chi connectivity index (χ4n) is 3.53. The van der Waals surface area contributed by atoms with E-state index in [1.165, 1.54) is 0 Å². The number of carbonyl (C=O) groups is 2. The fraction of sp³-hybridized carbons (Fsp3) is 0.261. The molecule has 1 amide bonds. The minimum Gasteiger partial charge on any atom is -0.384 e. The number of thiazole rings is 1. The van der Waals surface area contributed by atoms with Gasteiger partial charge in [0.25, 0.3) is 5.91 Å². The molecular formula is C23H23N3O3S. The van der Waals surface area contributed by atoms with Gasteiger partial charge in [0.05, 0.1) is 15.9 Å². The van der Waals surface area contributed by atoms with Gasteiger partial charge in [-0.3, -0.25) is 14.0 Å². The van der Waals surface area contributed by atoms with Gasteiger partial charge in [-0.25, -0.2) is 4.98 Å². The van der Waals surface area contributed by atoms with E-state index in [2.05, 4.69) is 5.32 Å². The predicted molar refractivity (Wildman–Crippen MR) is 119 cm³/mol.